The first-order valence-corrected chi connectivity index (χ1v) is 6.41. The van der Waals surface area contributed by atoms with Crippen LogP contribution >= 0.6 is 0 Å². The third-order valence-electron chi connectivity index (χ3n) is 2.81. The van der Waals surface area contributed by atoms with Crippen LogP contribution in [0.4, 0.5) is 0 Å². The molecule has 1 aromatic carbocycles. The van der Waals surface area contributed by atoms with Crippen LogP contribution < -0.4 is 4.74 Å². The molecule has 2 rings (SSSR count). The van der Waals surface area contributed by atoms with Crippen molar-refractivity contribution in [2.24, 2.45) is 0 Å². The van der Waals surface area contributed by atoms with E-state index in [-0.39, 0.29) is 0 Å². The van der Waals surface area contributed by atoms with Crippen LogP contribution in [0.2, 0.25) is 0 Å². The number of para-hydroxylation sites is 1. The summed E-state index contributed by atoms with van der Waals surface area (Å²) in [6, 6.07) is 7.97. The minimum atomic E-state index is 0.386. The number of hydrogen-bond acceptors (Lipinski definition) is 4. The molecule has 5 nitrogen and oxygen atoms in total. The zero-order valence-electron chi connectivity index (χ0n) is 11.4. The lowest BCUT2D eigenvalue weighted by Gasteiger charge is -2.09. The molecule has 1 heterocycles. The van der Waals surface area contributed by atoms with E-state index < -0.39 is 0 Å². The molecule has 5 heteroatoms. The van der Waals surface area contributed by atoms with Gasteiger partial charge in [-0.05, 0) is 25.0 Å². The first kappa shape index (κ1) is 13.5. The number of methoxy groups -OCH3 is 1. The van der Waals surface area contributed by atoms with Gasteiger partial charge >= 0.3 is 0 Å². The number of aryl methyl sites for hydroxylation is 1. The maximum atomic E-state index is 5.78. The Morgan fingerprint density at radius 1 is 1.26 bits per heavy atom. The molecule has 0 aliphatic rings. The van der Waals surface area contributed by atoms with Crippen molar-refractivity contribution >= 4 is 0 Å². The summed E-state index contributed by atoms with van der Waals surface area (Å²) in [5.74, 6) is 1.57. The van der Waals surface area contributed by atoms with Crippen molar-refractivity contribution in [3.63, 3.8) is 0 Å². The highest BCUT2D eigenvalue weighted by molar-refractivity contribution is 5.33. The van der Waals surface area contributed by atoms with Gasteiger partial charge in [0, 0.05) is 13.7 Å². The number of benzene rings is 1. The Bertz CT molecular complexity index is 511. The monoisotopic (exact) mass is 261 g/mol. The third kappa shape index (κ3) is 3.79. The van der Waals surface area contributed by atoms with Crippen LogP contribution in [0.25, 0.3) is 0 Å². The molecule has 2 aromatic rings. The molecule has 0 radical (unpaired) electrons. The van der Waals surface area contributed by atoms with Gasteiger partial charge in [-0.25, -0.2) is 4.98 Å². The highest BCUT2D eigenvalue weighted by Crippen LogP contribution is 2.19. The molecule has 0 aliphatic heterocycles. The summed E-state index contributed by atoms with van der Waals surface area (Å²) < 4.78 is 12.7. The van der Waals surface area contributed by atoms with Gasteiger partial charge in [-0.1, -0.05) is 18.2 Å². The van der Waals surface area contributed by atoms with Gasteiger partial charge in [-0.3, -0.25) is 4.68 Å². The second-order valence-corrected chi connectivity index (χ2v) is 4.16. The summed E-state index contributed by atoms with van der Waals surface area (Å²) in [5.41, 5.74) is 1.14. The maximum absolute atomic E-state index is 5.78. The first-order valence-electron chi connectivity index (χ1n) is 6.41. The number of aromatic nitrogens is 3. The summed E-state index contributed by atoms with van der Waals surface area (Å²) in [5, 5.41) is 4.29. The SMILES string of the molecule is CCn1cnc(COc2ccccc2CCOC)n1. The van der Waals surface area contributed by atoms with E-state index >= 15 is 0 Å². The molecule has 0 aliphatic carbocycles. The average Bonchev–Trinajstić information content (AvgIpc) is 2.91. The summed E-state index contributed by atoms with van der Waals surface area (Å²) >= 11 is 0. The maximum Gasteiger partial charge on any atom is 0.188 e. The molecular formula is C14H19N3O2. The summed E-state index contributed by atoms with van der Waals surface area (Å²) in [6.45, 7) is 3.91. The van der Waals surface area contributed by atoms with Gasteiger partial charge in [0.15, 0.2) is 5.82 Å². The van der Waals surface area contributed by atoms with E-state index in [1.807, 2.05) is 31.2 Å². The van der Waals surface area contributed by atoms with Crippen molar-refractivity contribution < 1.29 is 9.47 Å². The summed E-state index contributed by atoms with van der Waals surface area (Å²) in [6.07, 6.45) is 2.55. The molecule has 0 atom stereocenters. The Morgan fingerprint density at radius 3 is 2.84 bits per heavy atom. The predicted molar refractivity (Wildman–Crippen MR) is 72.1 cm³/mol. The van der Waals surface area contributed by atoms with Crippen molar-refractivity contribution in [3.05, 3.63) is 42.0 Å². The zero-order chi connectivity index (χ0) is 13.5. The number of rotatable bonds is 7. The van der Waals surface area contributed by atoms with E-state index in [9.17, 15) is 0 Å². The van der Waals surface area contributed by atoms with Gasteiger partial charge in [0.1, 0.15) is 18.7 Å². The lowest BCUT2D eigenvalue weighted by atomic mass is 10.1. The smallest absolute Gasteiger partial charge is 0.188 e. The van der Waals surface area contributed by atoms with Crippen molar-refractivity contribution in [2.75, 3.05) is 13.7 Å². The average molecular weight is 261 g/mol. The molecule has 0 saturated heterocycles. The summed E-state index contributed by atoms with van der Waals surface area (Å²) in [7, 11) is 1.70. The van der Waals surface area contributed by atoms with Gasteiger partial charge in [0.05, 0.1) is 6.61 Å². The Kier molecular flexibility index (Phi) is 4.92. The molecular weight excluding hydrogens is 242 g/mol. The fraction of sp³-hybridized carbons (Fsp3) is 0.429. The Hall–Kier alpha value is -1.88. The summed E-state index contributed by atoms with van der Waals surface area (Å²) in [4.78, 5) is 4.20. The topological polar surface area (TPSA) is 49.2 Å². The molecule has 0 unspecified atom stereocenters. The second kappa shape index (κ2) is 6.89. The fourth-order valence-electron chi connectivity index (χ4n) is 1.76. The zero-order valence-corrected chi connectivity index (χ0v) is 11.4. The van der Waals surface area contributed by atoms with E-state index in [1.165, 1.54) is 0 Å². The van der Waals surface area contributed by atoms with Gasteiger partial charge in [0.25, 0.3) is 0 Å². The van der Waals surface area contributed by atoms with Crippen LogP contribution in [0.3, 0.4) is 0 Å². The van der Waals surface area contributed by atoms with Crippen molar-refractivity contribution in [3.8, 4) is 5.75 Å². The van der Waals surface area contributed by atoms with E-state index in [1.54, 1.807) is 18.1 Å². The van der Waals surface area contributed by atoms with E-state index in [0.717, 1.165) is 24.3 Å². The van der Waals surface area contributed by atoms with E-state index in [2.05, 4.69) is 10.1 Å². The van der Waals surface area contributed by atoms with Gasteiger partial charge in [-0.15, -0.1) is 0 Å². The van der Waals surface area contributed by atoms with Crippen LogP contribution in [0, 0.1) is 0 Å². The molecule has 0 N–H and O–H groups in total. The minimum absolute atomic E-state index is 0.386. The molecule has 1 aromatic heterocycles. The van der Waals surface area contributed by atoms with Crippen LogP contribution in [-0.4, -0.2) is 28.5 Å². The highest BCUT2D eigenvalue weighted by atomic mass is 16.5. The molecule has 0 fully saturated rings. The van der Waals surface area contributed by atoms with Crippen molar-refractivity contribution in [1.29, 1.82) is 0 Å². The predicted octanol–water partition coefficient (Wildman–Crippen LogP) is 2.07. The van der Waals surface area contributed by atoms with E-state index in [4.69, 9.17) is 9.47 Å². The molecule has 19 heavy (non-hydrogen) atoms. The first-order chi connectivity index (χ1) is 9.33. The number of nitrogens with zero attached hydrogens (tertiary/aromatic N) is 3. The normalized spacial score (nSPS) is 10.6. The van der Waals surface area contributed by atoms with Crippen LogP contribution in [0.15, 0.2) is 30.6 Å². The quantitative estimate of drug-likeness (QED) is 0.765. The van der Waals surface area contributed by atoms with Crippen molar-refractivity contribution in [1.82, 2.24) is 14.8 Å². The van der Waals surface area contributed by atoms with Gasteiger partial charge < -0.3 is 9.47 Å². The lowest BCUT2D eigenvalue weighted by molar-refractivity contribution is 0.200. The number of ether oxygens (including phenoxy) is 2. The Morgan fingerprint density at radius 2 is 2.11 bits per heavy atom. The second-order valence-electron chi connectivity index (χ2n) is 4.16. The molecule has 102 valence electrons. The minimum Gasteiger partial charge on any atom is -0.485 e. The molecule has 0 saturated carbocycles. The molecule has 0 amide bonds. The van der Waals surface area contributed by atoms with Crippen LogP contribution in [0.1, 0.15) is 18.3 Å². The van der Waals surface area contributed by atoms with Crippen molar-refractivity contribution in [2.45, 2.75) is 26.5 Å². The highest BCUT2D eigenvalue weighted by Gasteiger charge is 2.05. The third-order valence-corrected chi connectivity index (χ3v) is 2.81. The van der Waals surface area contributed by atoms with Crippen LogP contribution in [-0.2, 0) is 24.3 Å². The van der Waals surface area contributed by atoms with Gasteiger partial charge in [-0.2, -0.15) is 5.10 Å². The Balaban J connectivity index is 1.98. The fourth-order valence-corrected chi connectivity index (χ4v) is 1.76. The number of hydrogen-bond donors (Lipinski definition) is 0. The van der Waals surface area contributed by atoms with E-state index in [0.29, 0.717) is 19.0 Å². The standard InChI is InChI=1S/C14H19N3O2/c1-3-17-11-15-14(16-17)10-19-13-7-5-4-6-12(13)8-9-18-2/h4-7,11H,3,8-10H2,1-2H3. The van der Waals surface area contributed by atoms with Gasteiger partial charge in [0.2, 0.25) is 0 Å². The molecule has 0 spiro atoms. The van der Waals surface area contributed by atoms with Crippen LogP contribution in [0.5, 0.6) is 5.75 Å². The lowest BCUT2D eigenvalue weighted by Crippen LogP contribution is -2.03. The molecule has 0 bridgehead atoms. The Labute approximate surface area is 113 Å². The largest absolute Gasteiger partial charge is 0.485 e.